The van der Waals surface area contributed by atoms with Gasteiger partial charge in [0.15, 0.2) is 6.10 Å². The molecule has 6 heteroatoms. The van der Waals surface area contributed by atoms with Crippen LogP contribution in [0.15, 0.2) is 0 Å². The molecule has 0 amide bonds. The molecule has 6 nitrogen and oxygen atoms in total. The molecule has 0 aliphatic heterocycles. The highest BCUT2D eigenvalue weighted by molar-refractivity contribution is 5.71. The van der Waals surface area contributed by atoms with E-state index in [1.165, 1.54) is 122 Å². The molecule has 0 fully saturated rings. The quantitative estimate of drug-likeness (QED) is 0.0369. The molecule has 48 heavy (non-hydrogen) atoms. The largest absolute Gasteiger partial charge is 0.462 e. The molecule has 0 bridgehead atoms. The molecular weight excluding hydrogens is 600 g/mol. The lowest BCUT2D eigenvalue weighted by Gasteiger charge is -2.18. The summed E-state index contributed by atoms with van der Waals surface area (Å²) in [5.74, 6) is -0.0201. The van der Waals surface area contributed by atoms with Crippen LogP contribution in [0.3, 0.4) is 0 Å². The Kier molecular flexibility index (Phi) is 35.5. The number of ether oxygens (including phenoxy) is 3. The monoisotopic (exact) mass is 681 g/mol. The Balaban J connectivity index is 4.29. The first-order valence-corrected chi connectivity index (χ1v) is 20.9. The van der Waals surface area contributed by atoms with Gasteiger partial charge in [0.05, 0.1) is 0 Å². The minimum atomic E-state index is -0.757. The van der Waals surface area contributed by atoms with E-state index in [0.29, 0.717) is 19.3 Å². The second kappa shape index (κ2) is 36.7. The fraction of sp³-hybridized carbons (Fsp3) is 0.929. The number of rotatable bonds is 37. The van der Waals surface area contributed by atoms with Crippen molar-refractivity contribution in [2.75, 3.05) is 13.2 Å². The number of esters is 3. The van der Waals surface area contributed by atoms with Crippen molar-refractivity contribution in [1.29, 1.82) is 0 Å². The van der Waals surface area contributed by atoms with Crippen LogP contribution >= 0.6 is 0 Å². The van der Waals surface area contributed by atoms with Gasteiger partial charge in [-0.2, -0.15) is 0 Å². The summed E-state index contributed by atoms with van der Waals surface area (Å²) >= 11 is 0. The summed E-state index contributed by atoms with van der Waals surface area (Å²) in [4.78, 5) is 37.4. The second-order valence-electron chi connectivity index (χ2n) is 14.5. The van der Waals surface area contributed by atoms with Gasteiger partial charge in [-0.05, 0) is 25.2 Å². The molecule has 0 aliphatic carbocycles. The van der Waals surface area contributed by atoms with Crippen LogP contribution < -0.4 is 0 Å². The Labute approximate surface area is 298 Å². The number of unbranched alkanes of at least 4 members (excludes halogenated alkanes) is 23. The van der Waals surface area contributed by atoms with Crippen LogP contribution in [0.25, 0.3) is 0 Å². The second-order valence-corrected chi connectivity index (χ2v) is 14.5. The molecule has 0 saturated carbocycles. The van der Waals surface area contributed by atoms with E-state index >= 15 is 0 Å². The van der Waals surface area contributed by atoms with Crippen molar-refractivity contribution >= 4 is 17.9 Å². The van der Waals surface area contributed by atoms with E-state index in [0.717, 1.165) is 63.7 Å². The molecule has 0 aromatic carbocycles. The average molecular weight is 681 g/mol. The third-order valence-corrected chi connectivity index (χ3v) is 9.65. The summed E-state index contributed by atoms with van der Waals surface area (Å²) < 4.78 is 16.6. The van der Waals surface area contributed by atoms with Crippen LogP contribution in [-0.2, 0) is 28.6 Å². The van der Waals surface area contributed by atoms with Gasteiger partial charge in [0.2, 0.25) is 0 Å². The zero-order valence-electron chi connectivity index (χ0n) is 32.4. The lowest BCUT2D eigenvalue weighted by atomic mass is 9.99. The summed E-state index contributed by atoms with van der Waals surface area (Å²) in [5.41, 5.74) is 0. The van der Waals surface area contributed by atoms with Crippen LogP contribution in [0.1, 0.15) is 227 Å². The summed E-state index contributed by atoms with van der Waals surface area (Å²) in [6.07, 6.45) is 33.7. The molecule has 0 saturated heterocycles. The normalized spacial score (nSPS) is 12.5. The van der Waals surface area contributed by atoms with Gasteiger partial charge in [-0.15, -0.1) is 0 Å². The third kappa shape index (κ3) is 34.3. The predicted octanol–water partition coefficient (Wildman–Crippen LogP) is 12.8. The molecule has 284 valence electrons. The molecular formula is C42H80O6. The zero-order valence-corrected chi connectivity index (χ0v) is 32.4. The van der Waals surface area contributed by atoms with Gasteiger partial charge in [-0.3, -0.25) is 14.4 Å². The smallest absolute Gasteiger partial charge is 0.306 e. The van der Waals surface area contributed by atoms with E-state index in [1.54, 1.807) is 0 Å². The number of carbonyl (C=O) groups excluding carboxylic acids is 3. The molecule has 0 N–H and O–H groups in total. The van der Waals surface area contributed by atoms with Gasteiger partial charge in [0.25, 0.3) is 0 Å². The van der Waals surface area contributed by atoms with Crippen molar-refractivity contribution in [3.63, 3.8) is 0 Å². The van der Waals surface area contributed by atoms with E-state index in [2.05, 4.69) is 27.7 Å². The minimum Gasteiger partial charge on any atom is -0.462 e. The van der Waals surface area contributed by atoms with Crippen LogP contribution in [-0.4, -0.2) is 37.2 Å². The lowest BCUT2D eigenvalue weighted by Crippen LogP contribution is -2.30. The summed E-state index contributed by atoms with van der Waals surface area (Å²) in [6.45, 7) is 8.93. The number of hydrogen-bond donors (Lipinski definition) is 0. The highest BCUT2D eigenvalue weighted by atomic mass is 16.6. The fourth-order valence-corrected chi connectivity index (χ4v) is 6.06. The first kappa shape index (κ1) is 46.4. The molecule has 0 aromatic heterocycles. The van der Waals surface area contributed by atoms with Crippen LogP contribution in [0.5, 0.6) is 0 Å². The zero-order chi connectivity index (χ0) is 35.3. The van der Waals surface area contributed by atoms with Crippen molar-refractivity contribution < 1.29 is 28.6 Å². The van der Waals surface area contributed by atoms with Crippen molar-refractivity contribution in [1.82, 2.24) is 0 Å². The molecule has 0 spiro atoms. The van der Waals surface area contributed by atoms with Crippen molar-refractivity contribution in [3.05, 3.63) is 0 Å². The molecule has 1 unspecified atom stereocenters. The number of hydrogen-bond acceptors (Lipinski definition) is 6. The third-order valence-electron chi connectivity index (χ3n) is 9.65. The Morgan fingerprint density at radius 2 is 0.729 bits per heavy atom. The minimum absolute atomic E-state index is 0.0652. The highest BCUT2D eigenvalue weighted by Crippen LogP contribution is 2.16. The number of carbonyl (C=O) groups is 3. The molecule has 0 aromatic rings. The first-order valence-electron chi connectivity index (χ1n) is 20.9. The summed E-state index contributed by atoms with van der Waals surface area (Å²) in [6, 6.07) is 0. The lowest BCUT2D eigenvalue weighted by molar-refractivity contribution is -0.167. The van der Waals surface area contributed by atoms with Crippen molar-refractivity contribution in [3.8, 4) is 0 Å². The van der Waals surface area contributed by atoms with Gasteiger partial charge in [-0.1, -0.05) is 188 Å². The topological polar surface area (TPSA) is 78.9 Å². The van der Waals surface area contributed by atoms with Gasteiger partial charge in [0.1, 0.15) is 13.2 Å². The molecule has 0 aliphatic rings. The van der Waals surface area contributed by atoms with Gasteiger partial charge in [-0.25, -0.2) is 0 Å². The van der Waals surface area contributed by atoms with Crippen molar-refractivity contribution in [2.45, 2.75) is 233 Å². The Morgan fingerprint density at radius 1 is 0.417 bits per heavy atom. The maximum Gasteiger partial charge on any atom is 0.306 e. The van der Waals surface area contributed by atoms with Crippen LogP contribution in [0, 0.1) is 5.92 Å². The van der Waals surface area contributed by atoms with Gasteiger partial charge in [0, 0.05) is 19.3 Å². The summed E-state index contributed by atoms with van der Waals surface area (Å²) in [7, 11) is 0. The SMILES string of the molecule is CCCCCCCCCCCCCC(=O)OC[C@H](COC(=O)CCCCCCCCCCC(C)CC)OC(=O)CCCCCCCCC. The Hall–Kier alpha value is -1.59. The van der Waals surface area contributed by atoms with Crippen molar-refractivity contribution in [2.24, 2.45) is 5.92 Å². The average Bonchev–Trinajstić information content (AvgIpc) is 3.08. The van der Waals surface area contributed by atoms with Crippen LogP contribution in [0.2, 0.25) is 0 Å². The Morgan fingerprint density at radius 3 is 1.08 bits per heavy atom. The van der Waals surface area contributed by atoms with E-state index in [4.69, 9.17) is 14.2 Å². The van der Waals surface area contributed by atoms with Gasteiger partial charge >= 0.3 is 17.9 Å². The van der Waals surface area contributed by atoms with E-state index in [9.17, 15) is 14.4 Å². The van der Waals surface area contributed by atoms with E-state index in [-0.39, 0.29) is 31.1 Å². The maximum atomic E-state index is 12.6. The molecule has 0 rings (SSSR count). The van der Waals surface area contributed by atoms with E-state index in [1.807, 2.05) is 0 Å². The van der Waals surface area contributed by atoms with Crippen LogP contribution in [0.4, 0.5) is 0 Å². The standard InChI is InChI=1S/C42H80O6/c1-5-8-10-12-14-15-16-17-22-25-29-33-40(43)46-36-39(48-42(45)35-31-27-20-13-11-9-6-2)37-47-41(44)34-30-26-23-19-18-21-24-28-32-38(4)7-3/h38-39H,5-37H2,1-4H3/t38?,39-/m1/s1. The van der Waals surface area contributed by atoms with E-state index < -0.39 is 6.10 Å². The molecule has 0 heterocycles. The molecule has 0 radical (unpaired) electrons. The summed E-state index contributed by atoms with van der Waals surface area (Å²) in [5, 5.41) is 0. The Bertz CT molecular complexity index is 723. The van der Waals surface area contributed by atoms with Gasteiger partial charge < -0.3 is 14.2 Å². The fourth-order valence-electron chi connectivity index (χ4n) is 6.06. The molecule has 2 atom stereocenters. The highest BCUT2D eigenvalue weighted by Gasteiger charge is 2.19. The maximum absolute atomic E-state index is 12.6. The first-order chi connectivity index (χ1) is 23.4. The predicted molar refractivity (Wildman–Crippen MR) is 201 cm³/mol.